The SMILES string of the molecule is CNCC1CC(OC2CCOC3(CCCCC3)C2)C1. The normalized spacial score (nSPS) is 38.1. The van der Waals surface area contributed by atoms with Gasteiger partial charge in [0.15, 0.2) is 0 Å². The topological polar surface area (TPSA) is 30.5 Å². The van der Waals surface area contributed by atoms with Gasteiger partial charge in [0.2, 0.25) is 0 Å². The highest BCUT2D eigenvalue weighted by molar-refractivity contribution is 4.91. The van der Waals surface area contributed by atoms with E-state index in [2.05, 4.69) is 5.32 Å². The lowest BCUT2D eigenvalue weighted by molar-refractivity contribution is -0.173. The van der Waals surface area contributed by atoms with E-state index >= 15 is 0 Å². The molecule has 1 spiro atoms. The molecule has 110 valence electrons. The molecule has 2 saturated carbocycles. The van der Waals surface area contributed by atoms with E-state index < -0.39 is 0 Å². The van der Waals surface area contributed by atoms with Crippen LogP contribution in [0.1, 0.15) is 57.8 Å². The Bertz CT molecular complexity index is 277. The van der Waals surface area contributed by atoms with Crippen LogP contribution in [0.5, 0.6) is 0 Å². The Kier molecular flexibility index (Phi) is 4.45. The summed E-state index contributed by atoms with van der Waals surface area (Å²) in [4.78, 5) is 0. The summed E-state index contributed by atoms with van der Waals surface area (Å²) in [7, 11) is 2.04. The van der Waals surface area contributed by atoms with E-state index in [1.54, 1.807) is 0 Å². The van der Waals surface area contributed by atoms with Gasteiger partial charge in [-0.05, 0) is 51.6 Å². The maximum atomic E-state index is 6.32. The van der Waals surface area contributed by atoms with Gasteiger partial charge in [0, 0.05) is 13.0 Å². The summed E-state index contributed by atoms with van der Waals surface area (Å²) in [6, 6.07) is 0. The Labute approximate surface area is 117 Å². The molecule has 2 aliphatic carbocycles. The third-order valence-electron chi connectivity index (χ3n) is 5.28. The first kappa shape index (κ1) is 13.8. The Balaban J connectivity index is 1.44. The quantitative estimate of drug-likeness (QED) is 0.849. The molecule has 1 N–H and O–H groups in total. The molecule has 3 nitrogen and oxygen atoms in total. The van der Waals surface area contributed by atoms with Crippen molar-refractivity contribution in [1.29, 1.82) is 0 Å². The number of nitrogens with one attached hydrogen (secondary N) is 1. The van der Waals surface area contributed by atoms with Gasteiger partial charge in [-0.25, -0.2) is 0 Å². The van der Waals surface area contributed by atoms with Crippen molar-refractivity contribution in [1.82, 2.24) is 5.32 Å². The molecule has 0 aromatic rings. The molecule has 3 fully saturated rings. The first-order valence-electron chi connectivity index (χ1n) is 8.24. The van der Waals surface area contributed by atoms with Gasteiger partial charge in [-0.1, -0.05) is 19.3 Å². The summed E-state index contributed by atoms with van der Waals surface area (Å²) in [5, 5.41) is 3.26. The fourth-order valence-corrected chi connectivity index (χ4v) is 4.16. The molecular formula is C16H29NO2. The zero-order valence-electron chi connectivity index (χ0n) is 12.3. The minimum Gasteiger partial charge on any atom is -0.375 e. The molecular weight excluding hydrogens is 238 g/mol. The van der Waals surface area contributed by atoms with Crippen molar-refractivity contribution in [3.05, 3.63) is 0 Å². The van der Waals surface area contributed by atoms with Gasteiger partial charge in [-0.15, -0.1) is 0 Å². The second kappa shape index (κ2) is 6.11. The number of hydrogen-bond donors (Lipinski definition) is 1. The molecule has 0 bridgehead atoms. The van der Waals surface area contributed by atoms with Crippen molar-refractivity contribution in [2.45, 2.75) is 75.6 Å². The number of rotatable bonds is 4. The van der Waals surface area contributed by atoms with Gasteiger partial charge >= 0.3 is 0 Å². The third-order valence-corrected chi connectivity index (χ3v) is 5.28. The average Bonchev–Trinajstić information content (AvgIpc) is 2.37. The second-order valence-corrected chi connectivity index (χ2v) is 6.86. The summed E-state index contributed by atoms with van der Waals surface area (Å²) in [6.45, 7) is 2.06. The second-order valence-electron chi connectivity index (χ2n) is 6.86. The van der Waals surface area contributed by atoms with Crippen LogP contribution in [0.2, 0.25) is 0 Å². The van der Waals surface area contributed by atoms with Gasteiger partial charge < -0.3 is 14.8 Å². The Morgan fingerprint density at radius 1 is 1.16 bits per heavy atom. The monoisotopic (exact) mass is 267 g/mol. The summed E-state index contributed by atoms with van der Waals surface area (Å²) in [5.41, 5.74) is 0.190. The van der Waals surface area contributed by atoms with E-state index in [9.17, 15) is 0 Å². The first-order chi connectivity index (χ1) is 9.30. The molecule has 0 aromatic heterocycles. The molecule has 3 rings (SSSR count). The molecule has 0 amide bonds. The standard InChI is InChI=1S/C16H29NO2/c1-17-12-13-9-15(10-13)19-14-5-8-18-16(11-14)6-3-2-4-7-16/h13-15,17H,2-12H2,1H3. The van der Waals surface area contributed by atoms with Crippen LogP contribution in [0.3, 0.4) is 0 Å². The molecule has 1 saturated heterocycles. The van der Waals surface area contributed by atoms with Crippen LogP contribution >= 0.6 is 0 Å². The zero-order valence-corrected chi connectivity index (χ0v) is 12.3. The maximum absolute atomic E-state index is 6.32. The van der Waals surface area contributed by atoms with Gasteiger partial charge in [-0.3, -0.25) is 0 Å². The van der Waals surface area contributed by atoms with Crippen LogP contribution in [0.25, 0.3) is 0 Å². The van der Waals surface area contributed by atoms with E-state index in [0.29, 0.717) is 12.2 Å². The Morgan fingerprint density at radius 3 is 2.68 bits per heavy atom. The minimum atomic E-state index is 0.190. The van der Waals surface area contributed by atoms with E-state index in [4.69, 9.17) is 9.47 Å². The zero-order chi connectivity index (χ0) is 13.1. The average molecular weight is 267 g/mol. The largest absolute Gasteiger partial charge is 0.375 e. The van der Waals surface area contributed by atoms with Crippen molar-refractivity contribution < 1.29 is 9.47 Å². The molecule has 0 radical (unpaired) electrons. The lowest BCUT2D eigenvalue weighted by Crippen LogP contribution is -2.47. The minimum absolute atomic E-state index is 0.190. The summed E-state index contributed by atoms with van der Waals surface area (Å²) < 4.78 is 12.5. The molecule has 1 heterocycles. The van der Waals surface area contributed by atoms with Crippen molar-refractivity contribution in [3.8, 4) is 0 Å². The van der Waals surface area contributed by atoms with Crippen LogP contribution in [0.4, 0.5) is 0 Å². The predicted octanol–water partition coefficient (Wildman–Crippen LogP) is 2.88. The van der Waals surface area contributed by atoms with Gasteiger partial charge in [0.05, 0.1) is 17.8 Å². The van der Waals surface area contributed by atoms with Gasteiger partial charge in [0.25, 0.3) is 0 Å². The fourth-order valence-electron chi connectivity index (χ4n) is 4.16. The van der Waals surface area contributed by atoms with Crippen LogP contribution in [-0.2, 0) is 9.47 Å². The molecule has 1 atom stereocenters. The first-order valence-corrected chi connectivity index (χ1v) is 8.24. The van der Waals surface area contributed by atoms with E-state index in [1.165, 1.54) is 44.9 Å². The lowest BCUT2D eigenvalue weighted by atomic mass is 9.78. The van der Waals surface area contributed by atoms with Crippen molar-refractivity contribution in [2.24, 2.45) is 5.92 Å². The maximum Gasteiger partial charge on any atom is 0.0707 e. The highest BCUT2D eigenvalue weighted by Crippen LogP contribution is 2.41. The number of ether oxygens (including phenoxy) is 2. The van der Waals surface area contributed by atoms with E-state index in [1.807, 2.05) is 7.05 Å². The highest BCUT2D eigenvalue weighted by Gasteiger charge is 2.40. The Morgan fingerprint density at radius 2 is 1.95 bits per heavy atom. The molecule has 1 aliphatic heterocycles. The molecule has 19 heavy (non-hydrogen) atoms. The molecule has 3 heteroatoms. The predicted molar refractivity (Wildman–Crippen MR) is 76.3 cm³/mol. The van der Waals surface area contributed by atoms with Crippen molar-refractivity contribution in [2.75, 3.05) is 20.2 Å². The van der Waals surface area contributed by atoms with Gasteiger partial charge in [0.1, 0.15) is 0 Å². The van der Waals surface area contributed by atoms with Crippen LogP contribution < -0.4 is 5.32 Å². The molecule has 1 unspecified atom stereocenters. The van der Waals surface area contributed by atoms with Crippen LogP contribution in [0, 0.1) is 5.92 Å². The summed E-state index contributed by atoms with van der Waals surface area (Å²) >= 11 is 0. The molecule has 3 aliphatic rings. The Hall–Kier alpha value is -0.120. The van der Waals surface area contributed by atoms with Crippen LogP contribution in [-0.4, -0.2) is 38.0 Å². The van der Waals surface area contributed by atoms with E-state index in [-0.39, 0.29) is 5.60 Å². The highest BCUT2D eigenvalue weighted by atomic mass is 16.5. The van der Waals surface area contributed by atoms with Gasteiger partial charge in [-0.2, -0.15) is 0 Å². The number of hydrogen-bond acceptors (Lipinski definition) is 3. The summed E-state index contributed by atoms with van der Waals surface area (Å²) in [5.74, 6) is 0.846. The fraction of sp³-hybridized carbons (Fsp3) is 1.00. The van der Waals surface area contributed by atoms with Crippen LogP contribution in [0.15, 0.2) is 0 Å². The van der Waals surface area contributed by atoms with Crippen molar-refractivity contribution >= 4 is 0 Å². The summed E-state index contributed by atoms with van der Waals surface area (Å²) in [6.07, 6.45) is 12.4. The van der Waals surface area contributed by atoms with E-state index in [0.717, 1.165) is 31.9 Å². The smallest absolute Gasteiger partial charge is 0.0707 e. The third kappa shape index (κ3) is 3.32. The van der Waals surface area contributed by atoms with Crippen molar-refractivity contribution in [3.63, 3.8) is 0 Å². The molecule has 0 aromatic carbocycles. The lowest BCUT2D eigenvalue weighted by Gasteiger charge is -2.45.